The molecule has 4 nitrogen and oxygen atoms in total. The molecule has 0 heterocycles. The molecule has 0 aromatic carbocycles. The van der Waals surface area contributed by atoms with Crippen molar-refractivity contribution in [2.75, 3.05) is 6.61 Å². The smallest absolute Gasteiger partial charge is 0.0587 e. The second-order valence-electron chi connectivity index (χ2n) is 12.7. The Labute approximate surface area is 189 Å². The molecule has 180 valence electrons. The van der Waals surface area contributed by atoms with Crippen molar-refractivity contribution in [1.82, 2.24) is 0 Å². The monoisotopic (exact) mass is 436 g/mol. The van der Waals surface area contributed by atoms with Crippen molar-refractivity contribution in [3.63, 3.8) is 0 Å². The second-order valence-corrected chi connectivity index (χ2v) is 12.7. The fraction of sp³-hybridized carbons (Fsp3) is 1.00. The standard InChI is InChI=1S/C27H48O4/c1-16(5-8-23(30)17(2)15-28)20-6-7-21-25-22(10-12-27(20,21)4)26(3)11-9-19(29)13-18(26)14-24(25)31/h16-25,28-31H,5-15H2,1-4H3/t16-,17?,18+,19-,20+,21+,22+,23?,24-,25+,26+,27-/m1/s1. The lowest BCUT2D eigenvalue weighted by molar-refractivity contribution is -0.174. The molecule has 4 fully saturated rings. The summed E-state index contributed by atoms with van der Waals surface area (Å²) in [6, 6.07) is 0. The van der Waals surface area contributed by atoms with Crippen molar-refractivity contribution in [2.45, 2.75) is 110 Å². The summed E-state index contributed by atoms with van der Waals surface area (Å²) in [6.45, 7) is 9.34. The number of rotatable bonds is 6. The summed E-state index contributed by atoms with van der Waals surface area (Å²) >= 11 is 0. The third kappa shape index (κ3) is 4.02. The van der Waals surface area contributed by atoms with Gasteiger partial charge in [-0.1, -0.05) is 27.7 Å². The van der Waals surface area contributed by atoms with Gasteiger partial charge in [0.1, 0.15) is 0 Å². The van der Waals surface area contributed by atoms with Crippen molar-refractivity contribution < 1.29 is 20.4 Å². The van der Waals surface area contributed by atoms with Crippen LogP contribution in [-0.4, -0.2) is 45.3 Å². The summed E-state index contributed by atoms with van der Waals surface area (Å²) in [5.74, 6) is 3.31. The van der Waals surface area contributed by atoms with Crippen LogP contribution in [0.5, 0.6) is 0 Å². The van der Waals surface area contributed by atoms with Crippen molar-refractivity contribution in [3.8, 4) is 0 Å². The minimum absolute atomic E-state index is 0.0466. The highest BCUT2D eigenvalue weighted by molar-refractivity contribution is 5.11. The van der Waals surface area contributed by atoms with E-state index in [2.05, 4.69) is 20.8 Å². The number of hydrogen-bond acceptors (Lipinski definition) is 4. The Morgan fingerprint density at radius 1 is 0.871 bits per heavy atom. The zero-order valence-corrected chi connectivity index (χ0v) is 20.3. The molecule has 0 bridgehead atoms. The summed E-state index contributed by atoms with van der Waals surface area (Å²) in [4.78, 5) is 0. The van der Waals surface area contributed by atoms with E-state index in [1.807, 2.05) is 6.92 Å². The van der Waals surface area contributed by atoms with Gasteiger partial charge in [0.05, 0.1) is 18.3 Å². The van der Waals surface area contributed by atoms with Gasteiger partial charge in [-0.15, -0.1) is 0 Å². The molecule has 4 saturated carbocycles. The molecule has 0 radical (unpaired) electrons. The largest absolute Gasteiger partial charge is 0.396 e. The molecule has 4 aliphatic rings. The second kappa shape index (κ2) is 8.89. The Balaban J connectivity index is 1.48. The van der Waals surface area contributed by atoms with Gasteiger partial charge in [-0.3, -0.25) is 0 Å². The lowest BCUT2D eigenvalue weighted by atomic mass is 9.43. The molecule has 0 spiro atoms. The highest BCUT2D eigenvalue weighted by Gasteiger charge is 2.62. The van der Waals surface area contributed by atoms with Crippen LogP contribution in [0.4, 0.5) is 0 Å². The molecule has 4 N–H and O–H groups in total. The minimum atomic E-state index is -0.410. The van der Waals surface area contributed by atoms with E-state index in [-0.39, 0.29) is 24.7 Å². The highest BCUT2D eigenvalue weighted by Crippen LogP contribution is 2.68. The molecule has 4 heteroatoms. The van der Waals surface area contributed by atoms with Crippen molar-refractivity contribution in [1.29, 1.82) is 0 Å². The predicted molar refractivity (Wildman–Crippen MR) is 123 cm³/mol. The number of aliphatic hydroxyl groups excluding tert-OH is 4. The van der Waals surface area contributed by atoms with E-state index < -0.39 is 6.10 Å². The minimum Gasteiger partial charge on any atom is -0.396 e. The molecular weight excluding hydrogens is 388 g/mol. The summed E-state index contributed by atoms with van der Waals surface area (Å²) < 4.78 is 0. The lowest BCUT2D eigenvalue weighted by Crippen LogP contribution is -2.58. The quantitative estimate of drug-likeness (QED) is 0.498. The first kappa shape index (κ1) is 24.0. The number of fused-ring (bicyclic) bond motifs is 5. The van der Waals surface area contributed by atoms with Gasteiger partial charge < -0.3 is 20.4 Å². The molecule has 2 unspecified atom stereocenters. The van der Waals surface area contributed by atoms with E-state index in [0.29, 0.717) is 46.3 Å². The molecule has 0 saturated heterocycles. The van der Waals surface area contributed by atoms with Crippen LogP contribution in [0.25, 0.3) is 0 Å². The fourth-order valence-corrected chi connectivity index (χ4v) is 9.22. The van der Waals surface area contributed by atoms with E-state index in [4.69, 9.17) is 0 Å². The van der Waals surface area contributed by atoms with E-state index in [0.717, 1.165) is 38.5 Å². The molecule has 0 aromatic rings. The van der Waals surface area contributed by atoms with Gasteiger partial charge in [0, 0.05) is 12.5 Å². The molecule has 4 aliphatic carbocycles. The molecule has 0 aromatic heterocycles. The highest BCUT2D eigenvalue weighted by atomic mass is 16.3. The maximum absolute atomic E-state index is 11.4. The lowest BCUT2D eigenvalue weighted by Gasteiger charge is -2.62. The van der Waals surface area contributed by atoms with Gasteiger partial charge in [-0.05, 0) is 111 Å². The Morgan fingerprint density at radius 3 is 2.26 bits per heavy atom. The maximum Gasteiger partial charge on any atom is 0.0587 e. The van der Waals surface area contributed by atoms with Gasteiger partial charge in [0.25, 0.3) is 0 Å². The van der Waals surface area contributed by atoms with E-state index in [1.165, 1.54) is 25.7 Å². The van der Waals surface area contributed by atoms with Crippen LogP contribution < -0.4 is 0 Å². The first-order valence-electron chi connectivity index (χ1n) is 13.3. The SMILES string of the molecule is CC(CO)C(O)CC[C@@H](C)[C@@H]1CC[C@H]2[C@@H]3[C@H](O)C[C@@H]4C[C@H](O)CC[C@]4(C)[C@H]3CC[C@@]21C. The van der Waals surface area contributed by atoms with Crippen molar-refractivity contribution in [2.24, 2.45) is 52.3 Å². The van der Waals surface area contributed by atoms with Crippen molar-refractivity contribution in [3.05, 3.63) is 0 Å². The van der Waals surface area contributed by atoms with Gasteiger partial charge in [-0.2, -0.15) is 0 Å². The van der Waals surface area contributed by atoms with Gasteiger partial charge in [0.2, 0.25) is 0 Å². The average molecular weight is 437 g/mol. The first-order chi connectivity index (χ1) is 14.6. The number of hydrogen-bond donors (Lipinski definition) is 4. The summed E-state index contributed by atoms with van der Waals surface area (Å²) in [7, 11) is 0. The van der Waals surface area contributed by atoms with E-state index in [1.54, 1.807) is 0 Å². The zero-order chi connectivity index (χ0) is 22.6. The first-order valence-corrected chi connectivity index (χ1v) is 13.3. The number of aliphatic hydroxyl groups is 4. The Morgan fingerprint density at radius 2 is 1.55 bits per heavy atom. The topological polar surface area (TPSA) is 80.9 Å². The van der Waals surface area contributed by atoms with E-state index >= 15 is 0 Å². The van der Waals surface area contributed by atoms with Crippen LogP contribution in [0.2, 0.25) is 0 Å². The summed E-state index contributed by atoms with van der Waals surface area (Å²) in [5.41, 5.74) is 0.588. The molecule has 31 heavy (non-hydrogen) atoms. The van der Waals surface area contributed by atoms with Crippen LogP contribution in [0.3, 0.4) is 0 Å². The molecule has 4 rings (SSSR count). The van der Waals surface area contributed by atoms with Crippen LogP contribution in [0.15, 0.2) is 0 Å². The fourth-order valence-electron chi connectivity index (χ4n) is 9.22. The van der Waals surface area contributed by atoms with Gasteiger partial charge >= 0.3 is 0 Å². The van der Waals surface area contributed by atoms with Crippen LogP contribution in [-0.2, 0) is 0 Å². The average Bonchev–Trinajstić information content (AvgIpc) is 3.09. The van der Waals surface area contributed by atoms with Gasteiger partial charge in [-0.25, -0.2) is 0 Å². The van der Waals surface area contributed by atoms with Crippen LogP contribution in [0.1, 0.15) is 91.9 Å². The Bertz CT molecular complexity index is 624. The third-order valence-corrected chi connectivity index (χ3v) is 11.3. The summed E-state index contributed by atoms with van der Waals surface area (Å²) in [6.07, 6.45) is 9.81. The maximum atomic E-state index is 11.4. The molecular formula is C27H48O4. The molecule has 12 atom stereocenters. The third-order valence-electron chi connectivity index (χ3n) is 11.3. The zero-order valence-electron chi connectivity index (χ0n) is 20.3. The van der Waals surface area contributed by atoms with Gasteiger partial charge in [0.15, 0.2) is 0 Å². The normalized spacial score (nSPS) is 50.1. The van der Waals surface area contributed by atoms with E-state index in [9.17, 15) is 20.4 Å². The Kier molecular flexibility index (Phi) is 6.88. The van der Waals surface area contributed by atoms with Crippen LogP contribution >= 0.6 is 0 Å². The summed E-state index contributed by atoms with van der Waals surface area (Å²) in [5, 5.41) is 41.3. The molecule has 0 amide bonds. The molecule has 0 aliphatic heterocycles. The Hall–Kier alpha value is -0.160. The van der Waals surface area contributed by atoms with Crippen LogP contribution in [0, 0.1) is 52.3 Å². The predicted octanol–water partition coefficient (Wildman–Crippen LogP) is 4.38. The van der Waals surface area contributed by atoms with Crippen molar-refractivity contribution >= 4 is 0 Å².